The second-order valence-electron chi connectivity index (χ2n) is 8.39. The van der Waals surface area contributed by atoms with E-state index in [1.807, 2.05) is 32.0 Å². The lowest BCUT2D eigenvalue weighted by molar-refractivity contribution is -0.132. The lowest BCUT2D eigenvalue weighted by Crippen LogP contribution is -2.30. The van der Waals surface area contributed by atoms with Gasteiger partial charge in [-0.15, -0.1) is 0 Å². The molecular weight excluding hydrogens is 434 g/mol. The number of aryl methyl sites for hydroxylation is 1. The number of benzene rings is 2. The average Bonchev–Trinajstić information content (AvgIpc) is 3.49. The van der Waals surface area contributed by atoms with E-state index in [9.17, 15) is 14.7 Å². The Kier molecular flexibility index (Phi) is 5.20. The molecule has 0 radical (unpaired) electrons. The molecule has 1 fully saturated rings. The largest absolute Gasteiger partial charge is 0.507 e. The van der Waals surface area contributed by atoms with Crippen molar-refractivity contribution in [2.75, 3.05) is 4.90 Å². The van der Waals surface area contributed by atoms with Gasteiger partial charge in [-0.1, -0.05) is 24.3 Å². The summed E-state index contributed by atoms with van der Waals surface area (Å²) in [4.78, 5) is 35.3. The minimum atomic E-state index is -0.996. The molecule has 34 heavy (non-hydrogen) atoms. The van der Waals surface area contributed by atoms with Gasteiger partial charge in [0.1, 0.15) is 29.1 Å². The predicted octanol–water partition coefficient (Wildman–Crippen LogP) is 4.88. The highest BCUT2D eigenvalue weighted by Gasteiger charge is 2.49. The number of fused-ring (bicyclic) bond motifs is 1. The van der Waals surface area contributed by atoms with Gasteiger partial charge in [0.2, 0.25) is 5.95 Å². The topological polar surface area (TPSA) is 109 Å². The summed E-state index contributed by atoms with van der Waals surface area (Å²) < 4.78 is 11.5. The molecule has 2 aromatic carbocycles. The average molecular weight is 457 g/mol. The van der Waals surface area contributed by atoms with E-state index in [0.717, 1.165) is 0 Å². The first kappa shape index (κ1) is 21.5. The minimum absolute atomic E-state index is 0.0674. The fourth-order valence-electron chi connectivity index (χ4n) is 4.12. The van der Waals surface area contributed by atoms with Crippen LogP contribution in [0.3, 0.4) is 0 Å². The maximum atomic E-state index is 13.2. The van der Waals surface area contributed by atoms with E-state index in [2.05, 4.69) is 9.97 Å². The number of furan rings is 1. The third-order valence-corrected chi connectivity index (χ3v) is 5.56. The van der Waals surface area contributed by atoms with Gasteiger partial charge >= 0.3 is 5.91 Å². The van der Waals surface area contributed by atoms with Crippen LogP contribution in [0.25, 0.3) is 16.8 Å². The van der Waals surface area contributed by atoms with Gasteiger partial charge < -0.3 is 19.2 Å². The number of ether oxygens (including phenoxy) is 1. The molecule has 172 valence electrons. The number of carbonyl (C=O) groups excluding carboxylic acids is 2. The number of carbonyl (C=O) groups is 2. The number of nitrogens with zero attached hydrogens (tertiary/aromatic N) is 2. The second kappa shape index (κ2) is 8.22. The Morgan fingerprint density at radius 2 is 1.91 bits per heavy atom. The number of imidazole rings is 1. The zero-order valence-electron chi connectivity index (χ0n) is 18.9. The molecular formula is C26H23N3O5. The molecule has 2 aromatic heterocycles. The Morgan fingerprint density at radius 1 is 1.12 bits per heavy atom. The molecule has 1 saturated heterocycles. The number of aromatic amines is 1. The first-order chi connectivity index (χ1) is 16.3. The molecule has 3 heterocycles. The van der Waals surface area contributed by atoms with Gasteiger partial charge in [0.25, 0.3) is 5.78 Å². The minimum Gasteiger partial charge on any atom is -0.507 e. The van der Waals surface area contributed by atoms with E-state index in [4.69, 9.17) is 9.15 Å². The Balaban J connectivity index is 1.68. The van der Waals surface area contributed by atoms with E-state index in [0.29, 0.717) is 33.9 Å². The fourth-order valence-corrected chi connectivity index (χ4v) is 4.12. The van der Waals surface area contributed by atoms with Crippen molar-refractivity contribution < 1.29 is 23.8 Å². The number of ketones is 1. The molecule has 1 aliphatic heterocycles. The van der Waals surface area contributed by atoms with E-state index < -0.39 is 17.7 Å². The molecule has 1 unspecified atom stereocenters. The third kappa shape index (κ3) is 3.63. The molecule has 0 spiro atoms. The number of Topliss-reactive ketones (excluding diaryl/α,β-unsaturated/α-hetero) is 1. The number of aromatic nitrogens is 2. The van der Waals surface area contributed by atoms with Crippen LogP contribution >= 0.6 is 0 Å². The Bertz CT molecular complexity index is 1410. The summed E-state index contributed by atoms with van der Waals surface area (Å²) >= 11 is 0. The van der Waals surface area contributed by atoms with Crippen molar-refractivity contribution >= 4 is 34.4 Å². The zero-order chi connectivity index (χ0) is 24.0. The van der Waals surface area contributed by atoms with E-state index in [1.54, 1.807) is 49.4 Å². The molecule has 8 nitrogen and oxygen atoms in total. The van der Waals surface area contributed by atoms with Crippen molar-refractivity contribution in [2.45, 2.75) is 32.9 Å². The Morgan fingerprint density at radius 3 is 2.62 bits per heavy atom. The van der Waals surface area contributed by atoms with E-state index >= 15 is 0 Å². The summed E-state index contributed by atoms with van der Waals surface area (Å²) in [6.07, 6.45) is -0.0674. The number of para-hydroxylation sites is 2. The van der Waals surface area contributed by atoms with Crippen LogP contribution in [0.4, 0.5) is 5.95 Å². The smallest absolute Gasteiger partial charge is 0.302 e. The van der Waals surface area contributed by atoms with Crippen molar-refractivity contribution in [2.24, 2.45) is 0 Å². The third-order valence-electron chi connectivity index (χ3n) is 5.56. The standard InChI is InChI=1S/C26H23N3O5/c1-14(2)33-17-8-6-7-16(13-17)23(30)21-22(20-12-11-15(3)34-20)29(25(32)24(21)31)26-27-18-9-4-5-10-19(18)28-26/h4-14,22,30H,1-3H3,(H,27,28)/b23-21+. The van der Waals surface area contributed by atoms with E-state index in [1.165, 1.54) is 4.90 Å². The van der Waals surface area contributed by atoms with Crippen molar-refractivity contribution in [3.63, 3.8) is 0 Å². The van der Waals surface area contributed by atoms with Gasteiger partial charge in [-0.3, -0.25) is 14.5 Å². The zero-order valence-corrected chi connectivity index (χ0v) is 18.9. The molecule has 0 aliphatic carbocycles. The second-order valence-corrected chi connectivity index (χ2v) is 8.39. The van der Waals surface area contributed by atoms with Crippen molar-refractivity contribution in [3.8, 4) is 5.75 Å². The maximum Gasteiger partial charge on any atom is 0.302 e. The number of aliphatic hydroxyl groups excluding tert-OH is 1. The van der Waals surface area contributed by atoms with Crippen molar-refractivity contribution in [1.29, 1.82) is 0 Å². The summed E-state index contributed by atoms with van der Waals surface area (Å²) in [6, 6.07) is 16.5. The highest BCUT2D eigenvalue weighted by Crippen LogP contribution is 2.42. The van der Waals surface area contributed by atoms with Crippen LogP contribution in [0.15, 0.2) is 70.7 Å². The number of anilines is 1. The van der Waals surface area contributed by atoms with E-state index in [-0.39, 0.29) is 23.4 Å². The Labute approximate surface area is 195 Å². The number of aliphatic hydroxyl groups is 1. The van der Waals surface area contributed by atoms with Crippen LogP contribution in [-0.2, 0) is 9.59 Å². The first-order valence-corrected chi connectivity index (χ1v) is 10.9. The fraction of sp³-hybridized carbons (Fsp3) is 0.192. The van der Waals surface area contributed by atoms with Gasteiger partial charge in [-0.05, 0) is 57.2 Å². The van der Waals surface area contributed by atoms with Gasteiger partial charge in [0, 0.05) is 5.56 Å². The molecule has 8 heteroatoms. The number of H-pyrrole nitrogens is 1. The maximum absolute atomic E-state index is 13.2. The van der Waals surface area contributed by atoms with Crippen molar-refractivity contribution in [3.05, 3.63) is 83.3 Å². The molecule has 4 aromatic rings. The van der Waals surface area contributed by atoms with Gasteiger partial charge in [0.05, 0.1) is 22.7 Å². The van der Waals surface area contributed by atoms with Gasteiger partial charge in [0.15, 0.2) is 0 Å². The molecule has 5 rings (SSSR count). The lowest BCUT2D eigenvalue weighted by atomic mass is 9.99. The lowest BCUT2D eigenvalue weighted by Gasteiger charge is -2.20. The monoisotopic (exact) mass is 457 g/mol. The summed E-state index contributed by atoms with van der Waals surface area (Å²) in [5.74, 6) is -0.272. The molecule has 2 N–H and O–H groups in total. The molecule has 1 aliphatic rings. The van der Waals surface area contributed by atoms with Crippen LogP contribution < -0.4 is 9.64 Å². The highest BCUT2D eigenvalue weighted by atomic mass is 16.5. The molecule has 1 atom stereocenters. The number of amides is 1. The van der Waals surface area contributed by atoms with Gasteiger partial charge in [-0.2, -0.15) is 0 Å². The quantitative estimate of drug-likeness (QED) is 0.251. The molecule has 0 saturated carbocycles. The predicted molar refractivity (Wildman–Crippen MR) is 127 cm³/mol. The number of hydrogen-bond acceptors (Lipinski definition) is 6. The van der Waals surface area contributed by atoms with Crippen LogP contribution in [-0.4, -0.2) is 32.9 Å². The van der Waals surface area contributed by atoms with Gasteiger partial charge in [-0.25, -0.2) is 4.98 Å². The normalized spacial score (nSPS) is 17.8. The van der Waals surface area contributed by atoms with Crippen LogP contribution in [0, 0.1) is 6.92 Å². The number of hydrogen-bond donors (Lipinski definition) is 2. The Hall–Kier alpha value is -4.33. The number of rotatable bonds is 5. The molecule has 1 amide bonds. The van der Waals surface area contributed by atoms with Crippen molar-refractivity contribution in [1.82, 2.24) is 9.97 Å². The van der Waals surface area contributed by atoms with Crippen LogP contribution in [0.1, 0.15) is 37.0 Å². The summed E-state index contributed by atoms with van der Waals surface area (Å²) in [6.45, 7) is 5.55. The SMILES string of the molecule is Cc1ccc(C2/C(=C(\O)c3cccc(OC(C)C)c3)C(=O)C(=O)N2c2nc3ccccc3[nH]2)o1. The number of nitrogens with one attached hydrogen (secondary N) is 1. The highest BCUT2D eigenvalue weighted by molar-refractivity contribution is 6.51. The summed E-state index contributed by atoms with van der Waals surface area (Å²) in [5.41, 5.74) is 1.63. The van der Waals surface area contributed by atoms with Crippen LogP contribution in [0.5, 0.6) is 5.75 Å². The summed E-state index contributed by atoms with van der Waals surface area (Å²) in [5, 5.41) is 11.3. The summed E-state index contributed by atoms with van der Waals surface area (Å²) in [7, 11) is 0. The first-order valence-electron chi connectivity index (χ1n) is 10.9. The van der Waals surface area contributed by atoms with Crippen LogP contribution in [0.2, 0.25) is 0 Å². The molecule has 0 bridgehead atoms.